The number of hydrogen-bond donors (Lipinski definition) is 1. The summed E-state index contributed by atoms with van der Waals surface area (Å²) < 4.78 is 16.3. The summed E-state index contributed by atoms with van der Waals surface area (Å²) >= 11 is 3.29. The summed E-state index contributed by atoms with van der Waals surface area (Å²) in [5, 5.41) is 2.83. The van der Waals surface area contributed by atoms with Crippen LogP contribution in [0.2, 0.25) is 0 Å². The predicted molar refractivity (Wildman–Crippen MR) is 134 cm³/mol. The topological polar surface area (TPSA) is 104 Å². The van der Waals surface area contributed by atoms with Crippen LogP contribution in [0.4, 0.5) is 4.79 Å². The molecule has 1 aromatic carbocycles. The Morgan fingerprint density at radius 2 is 1.89 bits per heavy atom. The highest BCUT2D eigenvalue weighted by Crippen LogP contribution is 2.40. The maximum absolute atomic E-state index is 13.5. The number of allylic oxidation sites excluding steroid dienone is 2. The Labute approximate surface area is 213 Å². The average molecular weight is 545 g/mol. The van der Waals surface area contributed by atoms with E-state index in [1.165, 1.54) is 7.11 Å². The van der Waals surface area contributed by atoms with Crippen LogP contribution in [0.15, 0.2) is 40.7 Å². The second kappa shape index (κ2) is 11.5. The van der Waals surface area contributed by atoms with Crippen LogP contribution in [-0.4, -0.2) is 42.8 Å². The predicted octanol–water partition coefficient (Wildman–Crippen LogP) is 5.04. The van der Waals surface area contributed by atoms with Gasteiger partial charge in [0.2, 0.25) is 6.29 Å². The van der Waals surface area contributed by atoms with Crippen LogP contribution in [0.25, 0.3) is 5.57 Å². The zero-order valence-corrected chi connectivity index (χ0v) is 22.0. The molecule has 1 aromatic heterocycles. The van der Waals surface area contributed by atoms with E-state index in [-0.39, 0.29) is 17.6 Å². The fraction of sp³-hybridized carbons (Fsp3) is 0.385. The van der Waals surface area contributed by atoms with Crippen molar-refractivity contribution in [2.24, 2.45) is 5.92 Å². The Hall–Kier alpha value is -3.20. The van der Waals surface area contributed by atoms with Gasteiger partial charge >= 0.3 is 6.16 Å². The first kappa shape index (κ1) is 26.4. The zero-order valence-electron chi connectivity index (χ0n) is 20.4. The van der Waals surface area contributed by atoms with Crippen LogP contribution >= 0.6 is 15.9 Å². The molecule has 8 nitrogen and oxygen atoms in total. The van der Waals surface area contributed by atoms with Gasteiger partial charge in [-0.25, -0.2) is 9.78 Å². The summed E-state index contributed by atoms with van der Waals surface area (Å²) in [5.74, 6) is -0.287. The molecule has 0 saturated carbocycles. The van der Waals surface area contributed by atoms with Gasteiger partial charge in [0.15, 0.2) is 5.78 Å². The van der Waals surface area contributed by atoms with E-state index >= 15 is 0 Å². The third-order valence-corrected chi connectivity index (χ3v) is 6.20. The first-order valence-electron chi connectivity index (χ1n) is 11.3. The number of methoxy groups -OCH3 is 1. The first-order chi connectivity index (χ1) is 16.6. The maximum atomic E-state index is 13.5. The molecule has 1 amide bonds. The quantitative estimate of drug-likeness (QED) is 0.366. The van der Waals surface area contributed by atoms with Gasteiger partial charge in [0.1, 0.15) is 11.5 Å². The van der Waals surface area contributed by atoms with E-state index in [0.717, 1.165) is 26.7 Å². The molecule has 1 aliphatic rings. The minimum absolute atomic E-state index is 0.0589. The summed E-state index contributed by atoms with van der Waals surface area (Å²) in [7, 11) is 1.21. The standard InChI is InChI=1S/C26H29BrN2O6/c1-14-10-15(2)22(16(3)11-14)23-21(34-17(4)35-26(32)33-5)12-18(24(23)30)8-9-28-25(31)20-7-6-19(27)13-29-20/h6-7,10-11,13,17-18H,8-9,12H2,1-5H3,(H,28,31). The molecule has 0 saturated heterocycles. The van der Waals surface area contributed by atoms with Crippen LogP contribution in [-0.2, 0) is 19.0 Å². The van der Waals surface area contributed by atoms with Crippen molar-refractivity contribution in [3.63, 3.8) is 0 Å². The second-order valence-corrected chi connectivity index (χ2v) is 9.42. The number of amides is 1. The molecule has 1 aliphatic carbocycles. The third-order valence-electron chi connectivity index (χ3n) is 5.73. The van der Waals surface area contributed by atoms with Gasteiger partial charge in [-0.2, -0.15) is 0 Å². The molecule has 1 N–H and O–H groups in total. The molecule has 3 rings (SSSR count). The number of benzene rings is 1. The second-order valence-electron chi connectivity index (χ2n) is 8.50. The monoisotopic (exact) mass is 544 g/mol. The van der Waals surface area contributed by atoms with Gasteiger partial charge in [-0.1, -0.05) is 17.7 Å². The Bertz CT molecular complexity index is 1140. The number of hydrogen-bond acceptors (Lipinski definition) is 7. The van der Waals surface area contributed by atoms with Gasteiger partial charge in [-0.15, -0.1) is 0 Å². The average Bonchev–Trinajstić information content (AvgIpc) is 3.08. The van der Waals surface area contributed by atoms with Crippen molar-refractivity contribution in [3.8, 4) is 0 Å². The van der Waals surface area contributed by atoms with Crippen LogP contribution in [0, 0.1) is 26.7 Å². The first-order valence-corrected chi connectivity index (χ1v) is 12.1. The molecular weight excluding hydrogens is 516 g/mol. The molecule has 9 heteroatoms. The van der Waals surface area contributed by atoms with E-state index in [2.05, 4.69) is 31.0 Å². The number of ether oxygens (including phenoxy) is 3. The van der Waals surface area contributed by atoms with E-state index < -0.39 is 12.4 Å². The van der Waals surface area contributed by atoms with Crippen molar-refractivity contribution in [1.29, 1.82) is 0 Å². The number of nitrogens with zero attached hydrogens (tertiary/aromatic N) is 1. The Morgan fingerprint density at radius 1 is 1.20 bits per heavy atom. The lowest BCUT2D eigenvalue weighted by atomic mass is 9.90. The Morgan fingerprint density at radius 3 is 2.49 bits per heavy atom. The van der Waals surface area contributed by atoms with Crippen LogP contribution in [0.5, 0.6) is 0 Å². The molecular formula is C26H29BrN2O6. The van der Waals surface area contributed by atoms with Gasteiger partial charge in [0, 0.05) is 36.5 Å². The SMILES string of the molecule is COC(=O)OC(C)OC1=C(c2c(C)cc(C)cc2C)C(=O)C(CCNC(=O)c2ccc(Br)cn2)C1. The van der Waals surface area contributed by atoms with E-state index in [1.807, 2.05) is 32.9 Å². The molecule has 2 aromatic rings. The van der Waals surface area contributed by atoms with Gasteiger partial charge in [-0.3, -0.25) is 9.59 Å². The minimum Gasteiger partial charge on any atom is -0.458 e. The van der Waals surface area contributed by atoms with Crippen molar-refractivity contribution in [3.05, 3.63) is 68.6 Å². The van der Waals surface area contributed by atoms with Gasteiger partial charge < -0.3 is 19.5 Å². The molecule has 0 fully saturated rings. The van der Waals surface area contributed by atoms with E-state index in [1.54, 1.807) is 25.3 Å². The highest BCUT2D eigenvalue weighted by atomic mass is 79.9. The number of ketones is 1. The lowest BCUT2D eigenvalue weighted by Gasteiger charge is -2.18. The smallest absolute Gasteiger partial charge is 0.458 e. The summed E-state index contributed by atoms with van der Waals surface area (Å²) in [5.41, 5.74) is 4.64. The Kier molecular flexibility index (Phi) is 8.67. The van der Waals surface area contributed by atoms with E-state index in [4.69, 9.17) is 9.47 Å². The van der Waals surface area contributed by atoms with Crippen LogP contribution in [0.1, 0.15) is 52.5 Å². The van der Waals surface area contributed by atoms with Crippen molar-refractivity contribution in [2.45, 2.75) is 46.8 Å². The van der Waals surface area contributed by atoms with Crippen LogP contribution in [0.3, 0.4) is 0 Å². The minimum atomic E-state index is -0.937. The molecule has 0 radical (unpaired) electrons. The van der Waals surface area contributed by atoms with Gasteiger partial charge in [0.05, 0.1) is 12.7 Å². The number of aryl methyl sites for hydroxylation is 3. The maximum Gasteiger partial charge on any atom is 0.511 e. The molecule has 0 spiro atoms. The number of aromatic nitrogens is 1. The molecule has 186 valence electrons. The molecule has 0 bridgehead atoms. The molecule has 0 aliphatic heterocycles. The lowest BCUT2D eigenvalue weighted by molar-refractivity contribution is -0.116. The fourth-order valence-corrected chi connectivity index (χ4v) is 4.54. The summed E-state index contributed by atoms with van der Waals surface area (Å²) in [6, 6.07) is 7.41. The number of halogens is 1. The number of rotatable bonds is 8. The number of pyridine rings is 1. The molecule has 2 unspecified atom stereocenters. The van der Waals surface area contributed by atoms with Crippen molar-refractivity contribution < 1.29 is 28.6 Å². The van der Waals surface area contributed by atoms with Gasteiger partial charge in [0.25, 0.3) is 5.91 Å². The highest BCUT2D eigenvalue weighted by Gasteiger charge is 2.37. The van der Waals surface area contributed by atoms with Crippen LogP contribution < -0.4 is 5.32 Å². The van der Waals surface area contributed by atoms with Crippen molar-refractivity contribution in [2.75, 3.05) is 13.7 Å². The summed E-state index contributed by atoms with van der Waals surface area (Å²) in [6.07, 6.45) is 0.509. The number of Topliss-reactive ketones (excluding diaryl/α,β-unsaturated/α-hetero) is 1. The summed E-state index contributed by atoms with van der Waals surface area (Å²) in [6.45, 7) is 7.79. The number of nitrogens with one attached hydrogen (secondary N) is 1. The highest BCUT2D eigenvalue weighted by molar-refractivity contribution is 9.10. The Balaban J connectivity index is 1.78. The molecule has 35 heavy (non-hydrogen) atoms. The third kappa shape index (κ3) is 6.48. The van der Waals surface area contributed by atoms with Crippen molar-refractivity contribution in [1.82, 2.24) is 10.3 Å². The normalized spacial score (nSPS) is 16.2. The fourth-order valence-electron chi connectivity index (χ4n) is 4.31. The lowest BCUT2D eigenvalue weighted by Crippen LogP contribution is -2.27. The van der Waals surface area contributed by atoms with E-state index in [0.29, 0.717) is 36.4 Å². The largest absolute Gasteiger partial charge is 0.511 e. The molecule has 1 heterocycles. The van der Waals surface area contributed by atoms with Crippen molar-refractivity contribution >= 4 is 39.3 Å². The zero-order chi connectivity index (χ0) is 25.7. The number of carbonyl (C=O) groups is 3. The molecule has 2 atom stereocenters. The number of carbonyl (C=O) groups excluding carboxylic acids is 3. The van der Waals surface area contributed by atoms with E-state index in [9.17, 15) is 14.4 Å². The van der Waals surface area contributed by atoms with Gasteiger partial charge in [-0.05, 0) is 71.9 Å². The summed E-state index contributed by atoms with van der Waals surface area (Å²) in [4.78, 5) is 41.5.